The predicted molar refractivity (Wildman–Crippen MR) is 165 cm³/mol. The fraction of sp³-hybridized carbons (Fsp3) is 0.394. The van der Waals surface area contributed by atoms with E-state index in [9.17, 15) is 23.6 Å². The average Bonchev–Trinajstić information content (AvgIpc) is 2.92. The number of benzene rings is 2. The molecule has 0 aliphatic rings. The van der Waals surface area contributed by atoms with Crippen LogP contribution in [0.25, 0.3) is 5.69 Å². The Bertz CT molecular complexity index is 1640. The number of ether oxygens (including phenoxy) is 3. The van der Waals surface area contributed by atoms with Crippen LogP contribution < -0.4 is 21.3 Å². The number of esters is 1. The van der Waals surface area contributed by atoms with Crippen molar-refractivity contribution in [3.05, 3.63) is 87.0 Å². The third kappa shape index (κ3) is 9.11. The largest absolute Gasteiger partial charge is 0.493 e. The number of alkyl carbamates (subject to hydrolysis) is 1. The van der Waals surface area contributed by atoms with Crippen LogP contribution >= 0.6 is 0 Å². The van der Waals surface area contributed by atoms with Crippen LogP contribution in [0, 0.1) is 24.4 Å². The molecule has 248 valence electrons. The molecule has 3 aromatic rings. The Hall–Kier alpha value is -4.81. The fourth-order valence-electron chi connectivity index (χ4n) is 4.50. The zero-order chi connectivity index (χ0) is 34.3. The van der Waals surface area contributed by atoms with Gasteiger partial charge in [0.2, 0.25) is 0 Å². The molecule has 2 atom stereocenters. The number of nitrogens with two attached hydrogens (primary N) is 1. The Morgan fingerprint density at radius 1 is 0.957 bits per heavy atom. The van der Waals surface area contributed by atoms with E-state index in [2.05, 4.69) is 5.32 Å². The zero-order valence-electron chi connectivity index (χ0n) is 26.5. The Balaban J connectivity index is 1.84. The van der Waals surface area contributed by atoms with Crippen molar-refractivity contribution in [2.75, 3.05) is 12.3 Å². The number of carbonyl (C=O) groups is 3. The molecule has 3 N–H and O–H groups in total. The molecule has 3 rings (SSSR count). The average molecular weight is 646 g/mol. The van der Waals surface area contributed by atoms with Gasteiger partial charge >= 0.3 is 12.1 Å². The highest BCUT2D eigenvalue weighted by Gasteiger charge is 2.28. The number of halogens is 3. The van der Waals surface area contributed by atoms with Crippen LogP contribution in [-0.4, -0.2) is 46.8 Å². The second kappa shape index (κ2) is 15.0. The van der Waals surface area contributed by atoms with Gasteiger partial charge in [0.15, 0.2) is 17.4 Å². The van der Waals surface area contributed by atoms with E-state index in [0.717, 1.165) is 36.8 Å². The molecule has 10 nitrogen and oxygen atoms in total. The molecule has 2 unspecified atom stereocenters. The minimum Gasteiger partial charge on any atom is -0.493 e. The summed E-state index contributed by atoms with van der Waals surface area (Å²) >= 11 is 0. The summed E-state index contributed by atoms with van der Waals surface area (Å²) in [4.78, 5) is 50.9. The van der Waals surface area contributed by atoms with E-state index < -0.39 is 70.1 Å². The fourth-order valence-corrected chi connectivity index (χ4v) is 4.50. The topological polar surface area (TPSA) is 139 Å². The summed E-state index contributed by atoms with van der Waals surface area (Å²) in [6.45, 7) is 9.93. The van der Waals surface area contributed by atoms with E-state index in [1.54, 1.807) is 34.6 Å². The minimum absolute atomic E-state index is 0.145. The molecular formula is C33H38F3N3O7. The summed E-state index contributed by atoms with van der Waals surface area (Å²) in [6.07, 6.45) is -0.0719. The highest BCUT2D eigenvalue weighted by atomic mass is 19.1. The highest BCUT2D eigenvalue weighted by Crippen LogP contribution is 2.27. The summed E-state index contributed by atoms with van der Waals surface area (Å²) in [6, 6.07) is 6.22. The Morgan fingerprint density at radius 2 is 1.59 bits per heavy atom. The van der Waals surface area contributed by atoms with E-state index >= 15 is 8.78 Å². The number of ketones is 1. The molecule has 1 aromatic heterocycles. The number of nitrogens with one attached hydrogen (secondary N) is 1. The first-order valence-electron chi connectivity index (χ1n) is 14.7. The molecule has 13 heteroatoms. The van der Waals surface area contributed by atoms with Crippen LogP contribution in [0.4, 0.5) is 23.8 Å². The van der Waals surface area contributed by atoms with Gasteiger partial charge in [0.25, 0.3) is 5.56 Å². The van der Waals surface area contributed by atoms with Crippen LogP contribution in [0.15, 0.2) is 47.3 Å². The number of hydrogen-bond acceptors (Lipinski definition) is 8. The van der Waals surface area contributed by atoms with Crippen molar-refractivity contribution in [2.24, 2.45) is 0 Å². The standard InChI is InChI=1S/C33H38F3N3O7/c1-7-8-19(3)45-31(42)26(38-32(43)46-33(4,5)6)13-14-44-20-16-24(35)28(25(36)17-20)39-27(40)12-11-22(30(39)37)29(41)21-10-9-18(2)15-23(21)34/h9-12,15-17,19,26H,7-8,13-14,37H2,1-6H3,(H,38,43). The molecule has 0 spiro atoms. The highest BCUT2D eigenvalue weighted by molar-refractivity contribution is 6.12. The normalized spacial score (nSPS) is 12.6. The van der Waals surface area contributed by atoms with Gasteiger partial charge in [-0.3, -0.25) is 14.2 Å². The van der Waals surface area contributed by atoms with Crippen molar-refractivity contribution in [2.45, 2.75) is 78.6 Å². The minimum atomic E-state index is -1.26. The summed E-state index contributed by atoms with van der Waals surface area (Å²) in [5.74, 6) is -5.87. The molecule has 1 heterocycles. The lowest BCUT2D eigenvalue weighted by Gasteiger charge is -2.24. The molecular weight excluding hydrogens is 607 g/mol. The van der Waals surface area contributed by atoms with Crippen molar-refractivity contribution in [1.82, 2.24) is 9.88 Å². The first kappa shape index (κ1) is 35.7. The van der Waals surface area contributed by atoms with Crippen molar-refractivity contribution in [1.29, 1.82) is 0 Å². The Labute approximate surface area is 264 Å². The number of amides is 1. The number of aryl methyl sites for hydroxylation is 1. The van der Waals surface area contributed by atoms with E-state index in [4.69, 9.17) is 19.9 Å². The first-order valence-corrected chi connectivity index (χ1v) is 14.7. The lowest BCUT2D eigenvalue weighted by atomic mass is 10.0. The van der Waals surface area contributed by atoms with Crippen molar-refractivity contribution in [3.63, 3.8) is 0 Å². The van der Waals surface area contributed by atoms with Crippen LogP contribution in [0.5, 0.6) is 5.75 Å². The van der Waals surface area contributed by atoms with E-state index in [0.29, 0.717) is 16.6 Å². The second-order valence-corrected chi connectivity index (χ2v) is 11.7. The van der Waals surface area contributed by atoms with Gasteiger partial charge in [-0.1, -0.05) is 19.4 Å². The lowest BCUT2D eigenvalue weighted by Crippen LogP contribution is -2.45. The summed E-state index contributed by atoms with van der Waals surface area (Å²) in [7, 11) is 0. The Kier molecular flexibility index (Phi) is 11.6. The first-order chi connectivity index (χ1) is 21.5. The van der Waals surface area contributed by atoms with Gasteiger partial charge in [-0.05, 0) is 64.8 Å². The molecule has 0 radical (unpaired) electrons. The molecule has 2 aromatic carbocycles. The van der Waals surface area contributed by atoms with E-state index in [1.807, 2.05) is 6.92 Å². The zero-order valence-corrected chi connectivity index (χ0v) is 26.5. The number of nitrogens with zero attached hydrogens (tertiary/aromatic N) is 1. The number of carbonyl (C=O) groups excluding carboxylic acids is 3. The smallest absolute Gasteiger partial charge is 0.408 e. The number of pyridine rings is 1. The van der Waals surface area contributed by atoms with Gasteiger partial charge in [-0.25, -0.2) is 22.8 Å². The third-order valence-electron chi connectivity index (χ3n) is 6.62. The summed E-state index contributed by atoms with van der Waals surface area (Å²) < 4.78 is 61.8. The molecule has 0 saturated heterocycles. The number of aromatic nitrogens is 1. The molecule has 1 amide bonds. The number of rotatable bonds is 12. The van der Waals surface area contributed by atoms with Gasteiger partial charge in [-0.2, -0.15) is 0 Å². The maximum atomic E-state index is 15.4. The Morgan fingerprint density at radius 3 is 2.17 bits per heavy atom. The number of nitrogen functional groups attached to an aromatic ring is 1. The maximum Gasteiger partial charge on any atom is 0.408 e. The predicted octanol–water partition coefficient (Wildman–Crippen LogP) is 5.77. The molecule has 0 saturated carbocycles. The van der Waals surface area contributed by atoms with Gasteiger partial charge in [0.1, 0.15) is 34.7 Å². The van der Waals surface area contributed by atoms with Gasteiger partial charge in [0, 0.05) is 24.6 Å². The van der Waals surface area contributed by atoms with E-state index in [-0.39, 0.29) is 29.9 Å². The second-order valence-electron chi connectivity index (χ2n) is 11.7. The molecule has 0 bridgehead atoms. The molecule has 0 aliphatic heterocycles. The van der Waals surface area contributed by atoms with Crippen LogP contribution in [0.1, 0.15) is 75.4 Å². The molecule has 0 fully saturated rings. The monoisotopic (exact) mass is 645 g/mol. The van der Waals surface area contributed by atoms with Crippen LogP contribution in [0.3, 0.4) is 0 Å². The van der Waals surface area contributed by atoms with Gasteiger partial charge in [0.05, 0.1) is 23.8 Å². The van der Waals surface area contributed by atoms with Crippen molar-refractivity contribution in [3.8, 4) is 11.4 Å². The number of hydrogen-bond donors (Lipinski definition) is 2. The van der Waals surface area contributed by atoms with Crippen molar-refractivity contribution >= 4 is 23.7 Å². The van der Waals surface area contributed by atoms with Gasteiger partial charge < -0.3 is 25.3 Å². The molecule has 46 heavy (non-hydrogen) atoms. The summed E-state index contributed by atoms with van der Waals surface area (Å²) in [5.41, 5.74) is 3.27. The van der Waals surface area contributed by atoms with Crippen molar-refractivity contribution < 1.29 is 41.8 Å². The third-order valence-corrected chi connectivity index (χ3v) is 6.62. The molecule has 0 aliphatic carbocycles. The summed E-state index contributed by atoms with van der Waals surface area (Å²) in [5, 5.41) is 2.44. The SMILES string of the molecule is CCCC(C)OC(=O)C(CCOc1cc(F)c(-n2c(N)c(C(=O)c3ccc(C)cc3F)ccc2=O)c(F)c1)NC(=O)OC(C)(C)C. The van der Waals surface area contributed by atoms with E-state index in [1.165, 1.54) is 12.1 Å². The van der Waals surface area contributed by atoms with Gasteiger partial charge in [-0.15, -0.1) is 0 Å². The quantitative estimate of drug-likeness (QED) is 0.187. The lowest BCUT2D eigenvalue weighted by molar-refractivity contribution is -0.151. The number of anilines is 1. The van der Waals surface area contributed by atoms with Crippen LogP contribution in [-0.2, 0) is 14.3 Å². The maximum absolute atomic E-state index is 15.4. The van der Waals surface area contributed by atoms with Crippen LogP contribution in [0.2, 0.25) is 0 Å².